The Bertz CT molecular complexity index is 1400. The second kappa shape index (κ2) is 14.3. The van der Waals surface area contributed by atoms with Gasteiger partial charge in [0.25, 0.3) is 5.91 Å². The van der Waals surface area contributed by atoms with Crippen LogP contribution in [0.4, 0.5) is 39.5 Å². The van der Waals surface area contributed by atoms with Crippen LogP contribution in [0.15, 0.2) is 48.8 Å². The summed E-state index contributed by atoms with van der Waals surface area (Å²) in [5, 5.41) is 26.0. The predicted molar refractivity (Wildman–Crippen MR) is 129 cm³/mol. The molecule has 20 heteroatoms. The lowest BCUT2D eigenvalue weighted by Crippen LogP contribution is -2.38. The van der Waals surface area contributed by atoms with Gasteiger partial charge in [-0.25, -0.2) is 14.6 Å². The first-order valence-electron chi connectivity index (χ1n) is 12.0. The van der Waals surface area contributed by atoms with Gasteiger partial charge in [0.1, 0.15) is 5.82 Å². The number of imidazole rings is 1. The number of aliphatic hydroxyl groups is 1. The van der Waals surface area contributed by atoms with Crippen LogP contribution in [-0.4, -0.2) is 90.2 Å². The Hall–Kier alpha value is -4.46. The smallest absolute Gasteiger partial charge is 0.475 e. The van der Waals surface area contributed by atoms with Gasteiger partial charge in [0, 0.05) is 25.5 Å². The van der Waals surface area contributed by atoms with Crippen molar-refractivity contribution in [2.24, 2.45) is 0 Å². The van der Waals surface area contributed by atoms with Crippen LogP contribution in [0, 0.1) is 0 Å². The van der Waals surface area contributed by atoms with E-state index in [1.807, 2.05) is 10.2 Å². The van der Waals surface area contributed by atoms with Gasteiger partial charge in [0.15, 0.2) is 11.7 Å². The third-order valence-corrected chi connectivity index (χ3v) is 5.52. The summed E-state index contributed by atoms with van der Waals surface area (Å²) >= 11 is 0. The summed E-state index contributed by atoms with van der Waals surface area (Å²) in [7, 11) is 0. The SMILES string of the molecule is O=C(NC(c1ccccn1)C(F)(F)F)c1nc(CN2CCC(O)C2)n2ccccc12.O=C(O)C(F)(F)F.O=C(O)C(F)(F)F. The fourth-order valence-electron chi connectivity index (χ4n) is 3.61. The van der Waals surface area contributed by atoms with E-state index in [0.717, 1.165) is 0 Å². The number of likely N-dealkylation sites (tertiary alicyclic amines) is 1. The zero-order valence-corrected chi connectivity index (χ0v) is 21.9. The maximum Gasteiger partial charge on any atom is 0.490 e. The molecule has 1 aliphatic heterocycles. The Kier molecular flexibility index (Phi) is 11.6. The van der Waals surface area contributed by atoms with Crippen molar-refractivity contribution in [3.8, 4) is 0 Å². The van der Waals surface area contributed by atoms with Gasteiger partial charge in [0.05, 0.1) is 23.9 Å². The van der Waals surface area contributed by atoms with Crippen molar-refractivity contribution in [3.05, 3.63) is 66.0 Å². The first-order chi connectivity index (χ1) is 20.2. The lowest BCUT2D eigenvalue weighted by molar-refractivity contribution is -0.193. The fourth-order valence-corrected chi connectivity index (χ4v) is 3.61. The van der Waals surface area contributed by atoms with Crippen molar-refractivity contribution >= 4 is 23.4 Å². The number of aromatic nitrogens is 3. The van der Waals surface area contributed by atoms with Crippen LogP contribution in [0.3, 0.4) is 0 Å². The normalized spacial score (nSPS) is 16.3. The number of hydrogen-bond acceptors (Lipinski definition) is 7. The molecule has 4 N–H and O–H groups in total. The molecule has 2 unspecified atom stereocenters. The molecule has 1 fully saturated rings. The van der Waals surface area contributed by atoms with E-state index in [9.17, 15) is 49.4 Å². The summed E-state index contributed by atoms with van der Waals surface area (Å²) in [6.07, 6.45) is -11.7. The van der Waals surface area contributed by atoms with Gasteiger partial charge >= 0.3 is 30.5 Å². The topological polar surface area (TPSA) is 157 Å². The van der Waals surface area contributed by atoms with Crippen LogP contribution in [0.2, 0.25) is 0 Å². The van der Waals surface area contributed by atoms with E-state index in [-0.39, 0.29) is 11.4 Å². The van der Waals surface area contributed by atoms with Crippen molar-refractivity contribution < 1.29 is 69.2 Å². The molecule has 11 nitrogen and oxygen atoms in total. The number of aliphatic hydroxyl groups excluding tert-OH is 1. The molecule has 0 aliphatic carbocycles. The number of aliphatic carboxylic acids is 2. The highest BCUT2D eigenvalue weighted by Gasteiger charge is 2.43. The summed E-state index contributed by atoms with van der Waals surface area (Å²) in [4.78, 5) is 40.7. The third-order valence-electron chi connectivity index (χ3n) is 5.52. The average molecular weight is 647 g/mol. The molecule has 2 atom stereocenters. The average Bonchev–Trinajstić information content (AvgIpc) is 3.50. The molecular weight excluding hydrogens is 625 g/mol. The highest BCUT2D eigenvalue weighted by Crippen LogP contribution is 2.32. The Morgan fingerprint density at radius 1 is 0.932 bits per heavy atom. The molecule has 0 aromatic carbocycles. The molecule has 0 radical (unpaired) electrons. The lowest BCUT2D eigenvalue weighted by Gasteiger charge is -2.20. The van der Waals surface area contributed by atoms with Crippen molar-refractivity contribution in [3.63, 3.8) is 0 Å². The monoisotopic (exact) mass is 647 g/mol. The van der Waals surface area contributed by atoms with Crippen molar-refractivity contribution in [2.75, 3.05) is 13.1 Å². The number of carbonyl (C=O) groups excluding carboxylic acids is 1. The van der Waals surface area contributed by atoms with E-state index < -0.39 is 48.5 Å². The summed E-state index contributed by atoms with van der Waals surface area (Å²) in [5.74, 6) is -5.93. The summed E-state index contributed by atoms with van der Waals surface area (Å²) in [5.41, 5.74) is 0.0235. The molecule has 44 heavy (non-hydrogen) atoms. The van der Waals surface area contributed by atoms with Crippen LogP contribution in [0.1, 0.15) is 34.5 Å². The molecule has 3 aromatic heterocycles. The van der Waals surface area contributed by atoms with Crippen LogP contribution in [0.25, 0.3) is 5.52 Å². The lowest BCUT2D eigenvalue weighted by atomic mass is 10.1. The maximum atomic E-state index is 13.6. The van der Waals surface area contributed by atoms with E-state index in [1.54, 1.807) is 28.8 Å². The Morgan fingerprint density at radius 3 is 1.95 bits per heavy atom. The van der Waals surface area contributed by atoms with Gasteiger partial charge in [-0.05, 0) is 30.7 Å². The second-order valence-electron chi connectivity index (χ2n) is 8.82. The molecule has 0 saturated carbocycles. The number of nitrogens with one attached hydrogen (secondary N) is 1. The van der Waals surface area contributed by atoms with Gasteiger partial charge in [-0.1, -0.05) is 12.1 Å². The minimum absolute atomic E-state index is 0.0875. The van der Waals surface area contributed by atoms with Gasteiger partial charge in [0.2, 0.25) is 0 Å². The largest absolute Gasteiger partial charge is 0.490 e. The van der Waals surface area contributed by atoms with Gasteiger partial charge < -0.3 is 25.0 Å². The third kappa shape index (κ3) is 10.4. The zero-order chi connectivity index (χ0) is 33.5. The van der Waals surface area contributed by atoms with Crippen molar-refractivity contribution in [1.82, 2.24) is 24.6 Å². The van der Waals surface area contributed by atoms with Crippen LogP contribution in [0.5, 0.6) is 0 Å². The summed E-state index contributed by atoms with van der Waals surface area (Å²) < 4.78 is 106. The zero-order valence-electron chi connectivity index (χ0n) is 21.9. The molecule has 0 spiro atoms. The molecule has 4 rings (SSSR count). The first-order valence-corrected chi connectivity index (χ1v) is 12.0. The number of halogens is 9. The number of carbonyl (C=O) groups is 3. The molecule has 1 amide bonds. The predicted octanol–water partition coefficient (Wildman–Crippen LogP) is 3.60. The second-order valence-corrected chi connectivity index (χ2v) is 8.82. The van der Waals surface area contributed by atoms with Crippen LogP contribution >= 0.6 is 0 Å². The minimum atomic E-state index is -5.08. The molecular formula is C24H22F9N5O6. The van der Waals surface area contributed by atoms with E-state index in [4.69, 9.17) is 19.8 Å². The molecule has 242 valence electrons. The number of carboxylic acid groups (broad SMARTS) is 2. The molecule has 3 aromatic rings. The van der Waals surface area contributed by atoms with Gasteiger partial charge in [-0.15, -0.1) is 0 Å². The number of pyridine rings is 2. The number of carboxylic acids is 2. The van der Waals surface area contributed by atoms with E-state index in [2.05, 4.69) is 9.97 Å². The summed E-state index contributed by atoms with van der Waals surface area (Å²) in [6.45, 7) is 1.54. The highest BCUT2D eigenvalue weighted by atomic mass is 19.4. The minimum Gasteiger partial charge on any atom is -0.475 e. The van der Waals surface area contributed by atoms with Crippen LogP contribution in [-0.2, 0) is 16.1 Å². The quantitative estimate of drug-likeness (QED) is 0.304. The van der Waals surface area contributed by atoms with Gasteiger partial charge in [-0.3, -0.25) is 14.7 Å². The molecule has 1 saturated heterocycles. The number of rotatable bonds is 5. The van der Waals surface area contributed by atoms with Crippen LogP contribution < -0.4 is 5.32 Å². The first kappa shape index (κ1) is 35.7. The number of β-amino-alcohol motifs (C(OH)–C–C–N with tert-alkyl or cyclic N) is 1. The number of fused-ring (bicyclic) bond motifs is 1. The maximum absolute atomic E-state index is 13.6. The highest BCUT2D eigenvalue weighted by molar-refractivity contribution is 5.99. The fraction of sp³-hybridized carbons (Fsp3) is 0.375. The summed E-state index contributed by atoms with van der Waals surface area (Å²) in [6, 6.07) is 6.98. The van der Waals surface area contributed by atoms with Gasteiger partial charge in [-0.2, -0.15) is 39.5 Å². The Labute approximate surface area is 240 Å². The van der Waals surface area contributed by atoms with E-state index >= 15 is 0 Å². The van der Waals surface area contributed by atoms with Crippen molar-refractivity contribution in [2.45, 2.75) is 43.6 Å². The Morgan fingerprint density at radius 2 is 1.50 bits per heavy atom. The molecule has 4 heterocycles. The number of nitrogens with zero attached hydrogens (tertiary/aromatic N) is 4. The Balaban J connectivity index is 0.000000402. The molecule has 0 bridgehead atoms. The van der Waals surface area contributed by atoms with E-state index in [0.29, 0.717) is 37.4 Å². The van der Waals surface area contributed by atoms with E-state index in [1.165, 1.54) is 24.4 Å². The standard InChI is InChI=1S/C20H20F3N5O2.2C2HF3O2/c21-20(22,23)18(14-5-1-3-8-24-14)26-19(30)17-15-6-2-4-9-28(15)16(25-17)12-27-10-7-13(29)11-27;2*3-2(4,5)1(6)7/h1-6,8-9,13,18,29H,7,10-12H2,(H,26,30);2*(H,6,7). The number of amides is 1. The van der Waals surface area contributed by atoms with Crippen molar-refractivity contribution in [1.29, 1.82) is 0 Å². The molecule has 1 aliphatic rings. The number of alkyl halides is 9. The number of hydrogen-bond donors (Lipinski definition) is 4.